The lowest BCUT2D eigenvalue weighted by Crippen LogP contribution is -2.07. The largest absolute Gasteiger partial charge is 0.466 e. The van der Waals surface area contributed by atoms with Gasteiger partial charge in [-0.3, -0.25) is 4.79 Å². The summed E-state index contributed by atoms with van der Waals surface area (Å²) in [6, 6.07) is 8.76. The van der Waals surface area contributed by atoms with Gasteiger partial charge in [0.25, 0.3) is 0 Å². The van der Waals surface area contributed by atoms with Crippen molar-refractivity contribution < 1.29 is 9.53 Å². The van der Waals surface area contributed by atoms with Gasteiger partial charge in [-0.2, -0.15) is 0 Å². The lowest BCUT2D eigenvalue weighted by molar-refractivity contribution is -0.143. The zero-order valence-electron chi connectivity index (χ0n) is 14.0. The summed E-state index contributed by atoms with van der Waals surface area (Å²) < 4.78 is 5.08. The summed E-state index contributed by atoms with van der Waals surface area (Å²) in [5.41, 5.74) is 5.71. The summed E-state index contributed by atoms with van der Waals surface area (Å²) >= 11 is 0. The van der Waals surface area contributed by atoms with E-state index in [2.05, 4.69) is 31.2 Å². The Balaban J connectivity index is 2.07. The molecule has 0 atom stereocenters. The number of aryl methyl sites for hydroxylation is 1. The van der Waals surface area contributed by atoms with Crippen LogP contribution in [0.4, 0.5) is 0 Å². The zero-order valence-corrected chi connectivity index (χ0v) is 14.0. The van der Waals surface area contributed by atoms with E-state index >= 15 is 0 Å². The minimum absolute atomic E-state index is 0.0692. The van der Waals surface area contributed by atoms with Gasteiger partial charge in [0.2, 0.25) is 0 Å². The predicted molar refractivity (Wildman–Crippen MR) is 90.9 cm³/mol. The van der Waals surface area contributed by atoms with Gasteiger partial charge in [-0.05, 0) is 57.9 Å². The van der Waals surface area contributed by atoms with Gasteiger partial charge in [-0.15, -0.1) is 0 Å². The Morgan fingerprint density at radius 1 is 1.05 bits per heavy atom. The Hall–Kier alpha value is -1.57. The molecule has 2 rings (SSSR count). The summed E-state index contributed by atoms with van der Waals surface area (Å²) in [7, 11) is 0. The summed E-state index contributed by atoms with van der Waals surface area (Å²) in [5.74, 6) is -0.0692. The molecular formula is C20H28O2. The third-order valence-corrected chi connectivity index (χ3v) is 4.43. The summed E-state index contributed by atoms with van der Waals surface area (Å²) in [4.78, 5) is 11.7. The molecule has 1 aromatic carbocycles. The van der Waals surface area contributed by atoms with E-state index in [1.807, 2.05) is 6.92 Å². The fraction of sp³-hybridized carbons (Fsp3) is 0.550. The van der Waals surface area contributed by atoms with Crippen molar-refractivity contribution in [1.82, 2.24) is 0 Å². The molecule has 0 N–H and O–H groups in total. The molecule has 1 saturated carbocycles. The monoisotopic (exact) mass is 300 g/mol. The number of hydrogen-bond donors (Lipinski definition) is 0. The average Bonchev–Trinajstić information content (AvgIpc) is 2.54. The molecule has 0 spiro atoms. The van der Waals surface area contributed by atoms with E-state index in [-0.39, 0.29) is 5.97 Å². The minimum Gasteiger partial charge on any atom is -0.466 e. The highest BCUT2D eigenvalue weighted by Crippen LogP contribution is 2.29. The van der Waals surface area contributed by atoms with Crippen molar-refractivity contribution in [3.8, 4) is 0 Å². The van der Waals surface area contributed by atoms with Crippen LogP contribution in [0, 0.1) is 6.92 Å². The Labute approximate surface area is 134 Å². The molecule has 0 saturated heterocycles. The average molecular weight is 300 g/mol. The number of esters is 1. The van der Waals surface area contributed by atoms with Crippen molar-refractivity contribution in [2.75, 3.05) is 6.61 Å². The maximum Gasteiger partial charge on any atom is 0.306 e. The van der Waals surface area contributed by atoms with Crippen LogP contribution < -0.4 is 0 Å². The molecule has 0 unspecified atom stereocenters. The standard InChI is InChI=1S/C20H28O2/c1-3-22-20(21)14-13-19(18-7-5-4-6-8-18)15-17-11-9-16(2)10-12-17/h9-12H,3-8,13-15H2,1-2H3. The van der Waals surface area contributed by atoms with E-state index in [1.165, 1.54) is 48.8 Å². The van der Waals surface area contributed by atoms with Crippen LogP contribution in [0.15, 0.2) is 35.4 Å². The predicted octanol–water partition coefficient (Wildman–Crippen LogP) is 5.14. The summed E-state index contributed by atoms with van der Waals surface area (Å²) in [6.07, 6.45) is 8.71. The molecule has 0 amide bonds. The molecule has 1 aromatic rings. The van der Waals surface area contributed by atoms with Crippen LogP contribution in [0.3, 0.4) is 0 Å². The highest BCUT2D eigenvalue weighted by Gasteiger charge is 2.14. The molecule has 0 bridgehead atoms. The second-order valence-electron chi connectivity index (χ2n) is 6.24. The summed E-state index contributed by atoms with van der Waals surface area (Å²) in [6.45, 7) is 4.46. The SMILES string of the molecule is CCOC(=O)CCC(Cc1ccc(C)cc1)=C1CCCCC1. The molecule has 2 nitrogen and oxygen atoms in total. The molecule has 1 aliphatic carbocycles. The van der Waals surface area contributed by atoms with Crippen LogP contribution in [0.1, 0.15) is 63.0 Å². The molecule has 1 fully saturated rings. The van der Waals surface area contributed by atoms with Gasteiger partial charge < -0.3 is 4.74 Å². The maximum atomic E-state index is 11.7. The Kier molecular flexibility index (Phi) is 6.70. The van der Waals surface area contributed by atoms with Crippen molar-refractivity contribution in [1.29, 1.82) is 0 Å². The normalized spacial score (nSPS) is 14.7. The molecule has 0 radical (unpaired) electrons. The van der Waals surface area contributed by atoms with Gasteiger partial charge >= 0.3 is 5.97 Å². The van der Waals surface area contributed by atoms with E-state index in [4.69, 9.17) is 4.74 Å². The summed E-state index contributed by atoms with van der Waals surface area (Å²) in [5, 5.41) is 0. The van der Waals surface area contributed by atoms with Crippen LogP contribution in [-0.4, -0.2) is 12.6 Å². The Bertz CT molecular complexity index is 503. The molecule has 120 valence electrons. The first kappa shape index (κ1) is 16.8. The highest BCUT2D eigenvalue weighted by molar-refractivity contribution is 5.69. The fourth-order valence-corrected chi connectivity index (χ4v) is 3.16. The van der Waals surface area contributed by atoms with Crippen LogP contribution in [0.5, 0.6) is 0 Å². The van der Waals surface area contributed by atoms with Crippen molar-refractivity contribution in [2.24, 2.45) is 0 Å². The van der Waals surface area contributed by atoms with E-state index < -0.39 is 0 Å². The lowest BCUT2D eigenvalue weighted by atomic mass is 9.86. The topological polar surface area (TPSA) is 26.3 Å². The Morgan fingerprint density at radius 2 is 1.73 bits per heavy atom. The van der Waals surface area contributed by atoms with Crippen LogP contribution in [0.25, 0.3) is 0 Å². The molecule has 0 heterocycles. The van der Waals surface area contributed by atoms with Crippen LogP contribution in [0.2, 0.25) is 0 Å². The van der Waals surface area contributed by atoms with E-state index in [0.717, 1.165) is 12.8 Å². The smallest absolute Gasteiger partial charge is 0.306 e. The van der Waals surface area contributed by atoms with Crippen molar-refractivity contribution in [3.63, 3.8) is 0 Å². The third-order valence-electron chi connectivity index (χ3n) is 4.43. The minimum atomic E-state index is -0.0692. The second-order valence-corrected chi connectivity index (χ2v) is 6.24. The van der Waals surface area contributed by atoms with E-state index in [0.29, 0.717) is 13.0 Å². The van der Waals surface area contributed by atoms with Gasteiger partial charge in [0.15, 0.2) is 0 Å². The van der Waals surface area contributed by atoms with E-state index in [1.54, 1.807) is 5.57 Å². The van der Waals surface area contributed by atoms with Gasteiger partial charge in [0.1, 0.15) is 0 Å². The quantitative estimate of drug-likeness (QED) is 0.537. The first-order valence-corrected chi connectivity index (χ1v) is 8.60. The molecule has 22 heavy (non-hydrogen) atoms. The third kappa shape index (κ3) is 5.32. The second kappa shape index (κ2) is 8.77. The number of allylic oxidation sites excluding steroid dienone is 2. The van der Waals surface area contributed by atoms with Crippen LogP contribution in [-0.2, 0) is 16.0 Å². The first-order chi connectivity index (χ1) is 10.7. The number of carbonyl (C=O) groups excluding carboxylic acids is 1. The number of ether oxygens (including phenoxy) is 1. The van der Waals surface area contributed by atoms with Crippen molar-refractivity contribution >= 4 is 5.97 Å². The van der Waals surface area contributed by atoms with Gasteiger partial charge in [-0.25, -0.2) is 0 Å². The number of benzene rings is 1. The lowest BCUT2D eigenvalue weighted by Gasteiger charge is -2.20. The highest BCUT2D eigenvalue weighted by atomic mass is 16.5. The van der Waals surface area contributed by atoms with Gasteiger partial charge in [0.05, 0.1) is 6.61 Å². The maximum absolute atomic E-state index is 11.7. The fourth-order valence-electron chi connectivity index (χ4n) is 3.16. The van der Waals surface area contributed by atoms with Gasteiger partial charge in [-0.1, -0.05) is 47.4 Å². The molecule has 0 aromatic heterocycles. The first-order valence-electron chi connectivity index (χ1n) is 8.60. The molecular weight excluding hydrogens is 272 g/mol. The number of rotatable bonds is 6. The molecule has 2 heteroatoms. The van der Waals surface area contributed by atoms with Crippen molar-refractivity contribution in [3.05, 3.63) is 46.5 Å². The Morgan fingerprint density at radius 3 is 2.36 bits per heavy atom. The zero-order chi connectivity index (χ0) is 15.8. The van der Waals surface area contributed by atoms with Gasteiger partial charge in [0, 0.05) is 6.42 Å². The number of hydrogen-bond acceptors (Lipinski definition) is 2. The molecule has 0 aliphatic heterocycles. The molecule has 1 aliphatic rings. The van der Waals surface area contributed by atoms with E-state index in [9.17, 15) is 4.79 Å². The number of carbonyl (C=O) groups is 1. The van der Waals surface area contributed by atoms with Crippen LogP contribution >= 0.6 is 0 Å². The van der Waals surface area contributed by atoms with Crippen molar-refractivity contribution in [2.45, 2.75) is 65.2 Å².